The van der Waals surface area contributed by atoms with Crippen molar-refractivity contribution in [3.8, 4) is 0 Å². The summed E-state index contributed by atoms with van der Waals surface area (Å²) in [6.45, 7) is 9.27. The summed E-state index contributed by atoms with van der Waals surface area (Å²) in [5.74, 6) is 0.320. The molecule has 2 fully saturated rings. The lowest BCUT2D eigenvalue weighted by Gasteiger charge is -2.28. The van der Waals surface area contributed by atoms with E-state index in [0.717, 1.165) is 32.4 Å². The summed E-state index contributed by atoms with van der Waals surface area (Å²) >= 11 is 0. The van der Waals surface area contributed by atoms with Crippen LogP contribution in [0, 0.1) is 5.92 Å². The van der Waals surface area contributed by atoms with E-state index in [1.54, 1.807) is 0 Å². The number of rotatable bonds is 5. The second-order valence-corrected chi connectivity index (χ2v) is 5.46. The fraction of sp³-hybridized carbons (Fsp3) is 0.667. The van der Waals surface area contributed by atoms with Crippen LogP contribution in [0.5, 0.6) is 0 Å². The third-order valence-electron chi connectivity index (χ3n) is 4.09. The fourth-order valence-corrected chi connectivity index (χ4v) is 3.10. The zero-order valence-corrected chi connectivity index (χ0v) is 12.3. The van der Waals surface area contributed by atoms with Crippen molar-refractivity contribution in [3.05, 3.63) is 25.3 Å². The fourth-order valence-electron chi connectivity index (χ4n) is 3.10. The van der Waals surface area contributed by atoms with E-state index < -0.39 is 0 Å². The summed E-state index contributed by atoms with van der Waals surface area (Å²) in [5.41, 5.74) is 0. The molecule has 108 valence electrons. The normalized spacial score (nSPS) is 25.6. The molecule has 2 rings (SSSR count). The van der Waals surface area contributed by atoms with Crippen LogP contribution in [0.1, 0.15) is 32.1 Å². The molecule has 0 aromatic heterocycles. The lowest BCUT2D eigenvalue weighted by molar-refractivity contribution is -0.135. The highest BCUT2D eigenvalue weighted by Gasteiger charge is 2.32. The molecule has 0 spiro atoms. The van der Waals surface area contributed by atoms with Crippen LogP contribution in [-0.2, 0) is 4.79 Å². The average Bonchev–Trinajstić information content (AvgIpc) is 2.68. The van der Waals surface area contributed by atoms with Gasteiger partial charge < -0.3 is 10.2 Å². The molecule has 2 saturated heterocycles. The van der Waals surface area contributed by atoms with Crippen LogP contribution in [0.25, 0.3) is 0 Å². The van der Waals surface area contributed by atoms with Gasteiger partial charge in [0.1, 0.15) is 0 Å². The molecule has 2 atom stereocenters. The van der Waals surface area contributed by atoms with E-state index in [1.165, 1.54) is 12.8 Å². The Labute approximate surface area is 122 Å². The van der Waals surface area contributed by atoms with E-state index in [9.17, 15) is 4.79 Å². The van der Waals surface area contributed by atoms with Gasteiger partial charge in [-0.1, -0.05) is 12.2 Å². The summed E-state index contributed by atoms with van der Waals surface area (Å²) in [6.07, 6.45) is 8.77. The van der Waals surface area contributed by atoms with Crippen LogP contribution in [0.4, 0.5) is 0 Å². The minimum atomic E-state index is 0. The number of carbonyl (C=O) groups excluding carboxylic acids is 1. The average molecular weight is 285 g/mol. The molecule has 2 aliphatic heterocycles. The molecule has 0 aromatic carbocycles. The molecule has 19 heavy (non-hydrogen) atoms. The van der Waals surface area contributed by atoms with E-state index in [2.05, 4.69) is 23.4 Å². The van der Waals surface area contributed by atoms with E-state index in [1.807, 2.05) is 12.2 Å². The Morgan fingerprint density at radius 1 is 1.21 bits per heavy atom. The van der Waals surface area contributed by atoms with Crippen molar-refractivity contribution in [3.63, 3.8) is 0 Å². The minimum Gasteiger partial charge on any atom is -0.341 e. The molecule has 2 aliphatic rings. The summed E-state index contributed by atoms with van der Waals surface area (Å²) in [6, 6.07) is 1.14. The molecule has 0 aliphatic carbocycles. The van der Waals surface area contributed by atoms with Gasteiger partial charge in [-0.3, -0.25) is 4.79 Å². The van der Waals surface area contributed by atoms with Crippen LogP contribution in [0.3, 0.4) is 0 Å². The summed E-state index contributed by atoms with van der Waals surface area (Å²) < 4.78 is 0. The molecular weight excluding hydrogens is 260 g/mol. The van der Waals surface area contributed by atoms with Gasteiger partial charge in [0, 0.05) is 31.1 Å². The quantitative estimate of drug-likeness (QED) is 0.787. The zero-order chi connectivity index (χ0) is 13.0. The first kappa shape index (κ1) is 16.3. The Hall–Kier alpha value is -0.800. The summed E-state index contributed by atoms with van der Waals surface area (Å²) in [7, 11) is 0. The van der Waals surface area contributed by atoms with Crippen LogP contribution in [-0.4, -0.2) is 36.0 Å². The molecule has 1 N–H and O–H groups in total. The first-order valence-corrected chi connectivity index (χ1v) is 7.01. The Morgan fingerprint density at radius 3 is 2.47 bits per heavy atom. The molecule has 2 bridgehead atoms. The standard InChI is InChI=1S/C15H24N2O.ClH/c1-3-5-12(6-4-2)15(18)17-10-9-13-7-8-14(11-17)16-13;/h3-4,12-14,16H,1-2,5-11H2;1H. The monoisotopic (exact) mass is 284 g/mol. The number of halogens is 1. The summed E-state index contributed by atoms with van der Waals surface area (Å²) in [5, 5.41) is 3.61. The van der Waals surface area contributed by atoms with Crippen LogP contribution in [0.2, 0.25) is 0 Å². The van der Waals surface area contributed by atoms with Gasteiger partial charge in [0.2, 0.25) is 5.91 Å². The maximum absolute atomic E-state index is 12.5. The smallest absolute Gasteiger partial charge is 0.226 e. The predicted molar refractivity (Wildman–Crippen MR) is 81.5 cm³/mol. The second kappa shape index (κ2) is 7.71. The van der Waals surface area contributed by atoms with E-state index in [4.69, 9.17) is 0 Å². The van der Waals surface area contributed by atoms with E-state index in [0.29, 0.717) is 12.1 Å². The van der Waals surface area contributed by atoms with Crippen molar-refractivity contribution in [2.75, 3.05) is 13.1 Å². The van der Waals surface area contributed by atoms with Crippen LogP contribution < -0.4 is 5.32 Å². The highest BCUT2D eigenvalue weighted by atomic mass is 35.5. The molecular formula is C15H25ClN2O. The number of hydrogen-bond donors (Lipinski definition) is 1. The zero-order valence-electron chi connectivity index (χ0n) is 11.5. The van der Waals surface area contributed by atoms with Gasteiger partial charge in [0.25, 0.3) is 0 Å². The molecule has 4 heteroatoms. The number of nitrogens with zero attached hydrogens (tertiary/aromatic N) is 1. The maximum atomic E-state index is 12.5. The van der Waals surface area contributed by atoms with Crippen molar-refractivity contribution >= 4 is 18.3 Å². The van der Waals surface area contributed by atoms with E-state index in [-0.39, 0.29) is 24.2 Å². The highest BCUT2D eigenvalue weighted by Crippen LogP contribution is 2.23. The first-order valence-electron chi connectivity index (χ1n) is 7.01. The topological polar surface area (TPSA) is 32.3 Å². The molecule has 2 unspecified atom stereocenters. The number of nitrogens with one attached hydrogen (secondary N) is 1. The molecule has 1 amide bonds. The maximum Gasteiger partial charge on any atom is 0.226 e. The van der Waals surface area contributed by atoms with Gasteiger partial charge in [-0.15, -0.1) is 25.6 Å². The second-order valence-electron chi connectivity index (χ2n) is 5.46. The summed E-state index contributed by atoms with van der Waals surface area (Å²) in [4.78, 5) is 14.6. The number of likely N-dealkylation sites (tertiary alicyclic amines) is 1. The van der Waals surface area contributed by atoms with E-state index >= 15 is 0 Å². The molecule has 0 aromatic rings. The Balaban J connectivity index is 0.00000180. The Bertz CT molecular complexity index is 322. The molecule has 0 saturated carbocycles. The highest BCUT2D eigenvalue weighted by molar-refractivity contribution is 5.85. The third-order valence-corrected chi connectivity index (χ3v) is 4.09. The van der Waals surface area contributed by atoms with Gasteiger partial charge in [-0.2, -0.15) is 0 Å². The van der Waals surface area contributed by atoms with Gasteiger partial charge in [0.15, 0.2) is 0 Å². The van der Waals surface area contributed by atoms with Crippen LogP contribution >= 0.6 is 12.4 Å². The number of hydrogen-bond acceptors (Lipinski definition) is 2. The van der Waals surface area contributed by atoms with Crippen molar-refractivity contribution in [1.29, 1.82) is 0 Å². The number of amides is 1. The SMILES string of the molecule is C=CCC(CC=C)C(=O)N1CCC2CCC(C1)N2.Cl. The molecule has 0 radical (unpaired) electrons. The molecule has 2 heterocycles. The molecule has 3 nitrogen and oxygen atoms in total. The van der Waals surface area contributed by atoms with Crippen molar-refractivity contribution < 1.29 is 4.79 Å². The van der Waals surface area contributed by atoms with Crippen molar-refractivity contribution in [2.24, 2.45) is 5.92 Å². The van der Waals surface area contributed by atoms with Gasteiger partial charge in [0.05, 0.1) is 0 Å². The first-order chi connectivity index (χ1) is 8.74. The number of fused-ring (bicyclic) bond motifs is 2. The Morgan fingerprint density at radius 2 is 1.84 bits per heavy atom. The van der Waals surface area contributed by atoms with Crippen molar-refractivity contribution in [1.82, 2.24) is 10.2 Å². The lowest BCUT2D eigenvalue weighted by Crippen LogP contribution is -2.41. The lowest BCUT2D eigenvalue weighted by atomic mass is 9.98. The van der Waals surface area contributed by atoms with Crippen LogP contribution in [0.15, 0.2) is 25.3 Å². The number of allylic oxidation sites excluding steroid dienone is 2. The minimum absolute atomic E-state index is 0. The third kappa shape index (κ3) is 4.08. The van der Waals surface area contributed by atoms with Crippen molar-refractivity contribution in [2.45, 2.75) is 44.2 Å². The Kier molecular flexibility index (Phi) is 6.59. The number of carbonyl (C=O) groups is 1. The van der Waals surface area contributed by atoms with Gasteiger partial charge in [-0.05, 0) is 32.1 Å². The predicted octanol–water partition coefficient (Wildman–Crippen LogP) is 2.53. The van der Waals surface area contributed by atoms with Gasteiger partial charge >= 0.3 is 0 Å². The largest absolute Gasteiger partial charge is 0.341 e. The van der Waals surface area contributed by atoms with Gasteiger partial charge in [-0.25, -0.2) is 0 Å².